The van der Waals surface area contributed by atoms with E-state index in [0.29, 0.717) is 5.19 Å². The van der Waals surface area contributed by atoms with Gasteiger partial charge in [0.15, 0.2) is 0 Å². The average molecular weight is 336 g/mol. The standard InChI is InChI=1S/C14H20N6O2S/c1-4-5-17-12(19-9-15)18-6-10(21)7-22-13-20-11(8-23-13)14(2,3)16/h1,8,10,21H,5-7,16H2,2-3H3,(H2,17,18,19). The Kier molecular flexibility index (Phi) is 7.29. The molecule has 1 atom stereocenters. The van der Waals surface area contributed by atoms with Gasteiger partial charge >= 0.3 is 0 Å². The van der Waals surface area contributed by atoms with Crippen molar-refractivity contribution in [1.29, 1.82) is 5.26 Å². The lowest BCUT2D eigenvalue weighted by Gasteiger charge is -2.15. The van der Waals surface area contributed by atoms with E-state index in [4.69, 9.17) is 22.2 Å². The fourth-order valence-corrected chi connectivity index (χ4v) is 2.24. The van der Waals surface area contributed by atoms with Crippen LogP contribution in [0.5, 0.6) is 5.19 Å². The van der Waals surface area contributed by atoms with Crippen LogP contribution >= 0.6 is 11.3 Å². The van der Waals surface area contributed by atoms with Crippen LogP contribution in [0.2, 0.25) is 0 Å². The summed E-state index contributed by atoms with van der Waals surface area (Å²) in [6.07, 6.45) is 5.93. The lowest BCUT2D eigenvalue weighted by Crippen LogP contribution is -2.42. The van der Waals surface area contributed by atoms with E-state index in [0.717, 1.165) is 5.69 Å². The number of nitrogens with two attached hydrogens (primary N) is 1. The monoisotopic (exact) mass is 336 g/mol. The molecular weight excluding hydrogens is 316 g/mol. The van der Waals surface area contributed by atoms with Crippen LogP contribution in [0.25, 0.3) is 0 Å². The van der Waals surface area contributed by atoms with Gasteiger partial charge in [-0.1, -0.05) is 17.3 Å². The fraction of sp³-hybridized carbons (Fsp3) is 0.500. The number of aliphatic hydroxyl groups is 1. The SMILES string of the molecule is C#CCN/C(=N/C#N)NCC(O)COc1nc(C(C)(C)N)cs1. The molecule has 1 unspecified atom stereocenters. The molecule has 0 radical (unpaired) electrons. The van der Waals surface area contributed by atoms with E-state index in [1.54, 1.807) is 6.19 Å². The Morgan fingerprint density at radius 3 is 2.96 bits per heavy atom. The first-order valence-corrected chi connectivity index (χ1v) is 7.68. The second kappa shape index (κ2) is 8.96. The zero-order valence-electron chi connectivity index (χ0n) is 13.0. The second-order valence-corrected chi connectivity index (χ2v) is 6.00. The zero-order valence-corrected chi connectivity index (χ0v) is 13.9. The summed E-state index contributed by atoms with van der Waals surface area (Å²) in [5.41, 5.74) is 6.13. The molecule has 1 aromatic heterocycles. The van der Waals surface area contributed by atoms with Crippen molar-refractivity contribution in [3.63, 3.8) is 0 Å². The molecule has 5 N–H and O–H groups in total. The molecule has 0 fully saturated rings. The second-order valence-electron chi connectivity index (χ2n) is 5.18. The highest BCUT2D eigenvalue weighted by atomic mass is 32.1. The molecule has 0 amide bonds. The minimum Gasteiger partial charge on any atom is -0.467 e. The van der Waals surface area contributed by atoms with E-state index in [-0.39, 0.29) is 25.7 Å². The number of aromatic nitrogens is 1. The molecule has 9 heteroatoms. The van der Waals surface area contributed by atoms with Gasteiger partial charge in [0, 0.05) is 11.9 Å². The first kappa shape index (κ1) is 18.7. The number of guanidine groups is 1. The van der Waals surface area contributed by atoms with Gasteiger partial charge in [0.2, 0.25) is 12.2 Å². The molecule has 0 aromatic carbocycles. The van der Waals surface area contributed by atoms with Gasteiger partial charge in [-0.2, -0.15) is 5.26 Å². The van der Waals surface area contributed by atoms with Crippen LogP contribution in [0.3, 0.4) is 0 Å². The molecule has 1 aromatic rings. The highest BCUT2D eigenvalue weighted by Crippen LogP contribution is 2.24. The van der Waals surface area contributed by atoms with E-state index in [2.05, 4.69) is 26.5 Å². The van der Waals surface area contributed by atoms with Gasteiger partial charge in [-0.3, -0.25) is 0 Å². The Morgan fingerprint density at radius 1 is 1.65 bits per heavy atom. The number of rotatable bonds is 7. The molecule has 0 aliphatic carbocycles. The third-order valence-electron chi connectivity index (χ3n) is 2.57. The predicted octanol–water partition coefficient (Wildman–Crippen LogP) is -0.274. The van der Waals surface area contributed by atoms with Crippen LogP contribution in [-0.4, -0.2) is 41.9 Å². The number of aliphatic hydroxyl groups excluding tert-OH is 1. The van der Waals surface area contributed by atoms with Gasteiger partial charge in [0.1, 0.15) is 12.7 Å². The lowest BCUT2D eigenvalue weighted by molar-refractivity contribution is 0.110. The normalized spacial score (nSPS) is 12.9. The van der Waals surface area contributed by atoms with Crippen LogP contribution in [0.1, 0.15) is 19.5 Å². The largest absolute Gasteiger partial charge is 0.467 e. The summed E-state index contributed by atoms with van der Waals surface area (Å²) in [5.74, 6) is 2.56. The first-order chi connectivity index (χ1) is 10.9. The summed E-state index contributed by atoms with van der Waals surface area (Å²) in [7, 11) is 0. The minimum atomic E-state index is -0.815. The van der Waals surface area contributed by atoms with E-state index in [9.17, 15) is 5.11 Å². The number of hydrogen-bond acceptors (Lipinski definition) is 7. The zero-order chi connectivity index (χ0) is 17.3. The van der Waals surface area contributed by atoms with Gasteiger partial charge in [-0.05, 0) is 13.8 Å². The topological polar surface area (TPSA) is 129 Å². The predicted molar refractivity (Wildman–Crippen MR) is 88.7 cm³/mol. The van der Waals surface area contributed by atoms with Crippen molar-refractivity contribution in [2.45, 2.75) is 25.5 Å². The van der Waals surface area contributed by atoms with Crippen LogP contribution in [0, 0.1) is 23.8 Å². The smallest absolute Gasteiger partial charge is 0.273 e. The van der Waals surface area contributed by atoms with Crippen molar-refractivity contribution in [3.05, 3.63) is 11.1 Å². The Labute approximate surface area is 139 Å². The molecule has 1 rings (SSSR count). The highest BCUT2D eigenvalue weighted by molar-refractivity contribution is 7.11. The van der Waals surface area contributed by atoms with Gasteiger partial charge < -0.3 is 26.2 Å². The fourth-order valence-electron chi connectivity index (χ4n) is 1.39. The molecule has 0 bridgehead atoms. The number of thiazole rings is 1. The van der Waals surface area contributed by atoms with Crippen LogP contribution in [0.15, 0.2) is 10.4 Å². The maximum atomic E-state index is 9.88. The van der Waals surface area contributed by atoms with E-state index < -0.39 is 11.6 Å². The minimum absolute atomic E-state index is 0.0416. The highest BCUT2D eigenvalue weighted by Gasteiger charge is 2.18. The molecule has 124 valence electrons. The quantitative estimate of drug-likeness (QED) is 0.233. The van der Waals surface area contributed by atoms with Gasteiger partial charge in [-0.15, -0.1) is 11.4 Å². The van der Waals surface area contributed by atoms with Gasteiger partial charge in [0.25, 0.3) is 5.19 Å². The average Bonchev–Trinajstić information content (AvgIpc) is 2.97. The lowest BCUT2D eigenvalue weighted by atomic mass is 10.0. The van der Waals surface area contributed by atoms with Gasteiger partial charge in [-0.25, -0.2) is 4.98 Å². The number of nitrogens with one attached hydrogen (secondary N) is 2. The summed E-state index contributed by atoms with van der Waals surface area (Å²) in [4.78, 5) is 7.77. The molecular formula is C14H20N6O2S. The van der Waals surface area contributed by atoms with Crippen molar-refractivity contribution in [1.82, 2.24) is 15.6 Å². The maximum Gasteiger partial charge on any atom is 0.273 e. The Morgan fingerprint density at radius 2 is 2.39 bits per heavy atom. The van der Waals surface area contributed by atoms with Crippen LogP contribution in [-0.2, 0) is 5.54 Å². The van der Waals surface area contributed by atoms with Crippen molar-refractivity contribution in [2.24, 2.45) is 10.7 Å². The Bertz CT molecular complexity index is 608. The molecule has 0 aliphatic heterocycles. The van der Waals surface area contributed by atoms with Crippen LogP contribution < -0.4 is 21.1 Å². The number of nitrogens with zero attached hydrogens (tertiary/aromatic N) is 3. The van der Waals surface area contributed by atoms with E-state index in [1.165, 1.54) is 11.3 Å². The number of hydrogen-bond donors (Lipinski definition) is 4. The number of terminal acetylenes is 1. The summed E-state index contributed by atoms with van der Waals surface area (Å²) in [6, 6.07) is 0. The Balaban J connectivity index is 2.41. The Hall–Kier alpha value is -2.33. The van der Waals surface area contributed by atoms with Crippen molar-refractivity contribution in [2.75, 3.05) is 19.7 Å². The van der Waals surface area contributed by atoms with Gasteiger partial charge in [0.05, 0.1) is 17.8 Å². The first-order valence-electron chi connectivity index (χ1n) is 6.80. The number of ether oxygens (including phenoxy) is 1. The molecule has 0 spiro atoms. The molecule has 0 saturated carbocycles. The maximum absolute atomic E-state index is 9.88. The number of aliphatic imine (C=N–C) groups is 1. The molecule has 1 heterocycles. The van der Waals surface area contributed by atoms with Crippen LogP contribution in [0.4, 0.5) is 0 Å². The third-order valence-corrected chi connectivity index (χ3v) is 3.32. The summed E-state index contributed by atoms with van der Waals surface area (Å²) >= 11 is 1.32. The summed E-state index contributed by atoms with van der Waals surface area (Å²) in [5, 5.41) is 26.2. The van der Waals surface area contributed by atoms with E-state index >= 15 is 0 Å². The van der Waals surface area contributed by atoms with E-state index in [1.807, 2.05) is 19.2 Å². The van der Waals surface area contributed by atoms with Crippen molar-refractivity contribution >= 4 is 17.3 Å². The van der Waals surface area contributed by atoms with Crippen molar-refractivity contribution in [3.8, 4) is 23.7 Å². The molecule has 0 saturated heterocycles. The summed E-state index contributed by atoms with van der Waals surface area (Å²) in [6.45, 7) is 4.10. The van der Waals surface area contributed by atoms with Crippen molar-refractivity contribution < 1.29 is 9.84 Å². The molecule has 23 heavy (non-hydrogen) atoms. The molecule has 0 aliphatic rings. The molecule has 8 nitrogen and oxygen atoms in total. The third kappa shape index (κ3) is 6.98. The summed E-state index contributed by atoms with van der Waals surface area (Å²) < 4.78 is 5.42. The number of nitriles is 1.